The van der Waals surface area contributed by atoms with Crippen LogP contribution in [0, 0.1) is 0 Å². The molecular weight excluding hydrogens is 622 g/mol. The second kappa shape index (κ2) is 14.0. The lowest BCUT2D eigenvalue weighted by atomic mass is 10.0. The minimum absolute atomic E-state index is 0.0559. The standard InChI is InChI=1S/C29H32BrN7O6/c1-15(38)26(31)29(43)37-22(8-16-2-5-24(39)25(40)9-16)28(42)36-23(11-19-13-32-14-35-19)27(41)33-7-6-17-12-34-21-10-18(30)3-4-20(17)21/h2-7,9-10,12-15,22-23,26,34,38-40H,8,11,31H2,1H3,(H,32,35)(H,33,41)(H,36,42)(H,37,43). The van der Waals surface area contributed by atoms with E-state index in [1.807, 2.05) is 18.2 Å². The first-order valence-corrected chi connectivity index (χ1v) is 14.1. The molecule has 0 spiro atoms. The fourth-order valence-corrected chi connectivity index (χ4v) is 4.66. The lowest BCUT2D eigenvalue weighted by Crippen LogP contribution is -2.58. The monoisotopic (exact) mass is 653 g/mol. The summed E-state index contributed by atoms with van der Waals surface area (Å²) >= 11 is 3.44. The molecule has 226 valence electrons. The average Bonchev–Trinajstić information content (AvgIpc) is 3.63. The van der Waals surface area contributed by atoms with Crippen LogP contribution in [0.3, 0.4) is 0 Å². The molecule has 13 nitrogen and oxygen atoms in total. The number of aromatic hydroxyl groups is 2. The summed E-state index contributed by atoms with van der Waals surface area (Å²) in [7, 11) is 0. The van der Waals surface area contributed by atoms with Gasteiger partial charge in [-0.05, 0) is 42.8 Å². The van der Waals surface area contributed by atoms with Crippen molar-refractivity contribution in [2.24, 2.45) is 5.73 Å². The van der Waals surface area contributed by atoms with Crippen LogP contribution in [0.1, 0.15) is 23.7 Å². The van der Waals surface area contributed by atoms with Gasteiger partial charge in [-0.1, -0.05) is 28.1 Å². The van der Waals surface area contributed by atoms with E-state index < -0.39 is 47.7 Å². The van der Waals surface area contributed by atoms with Crippen molar-refractivity contribution < 1.29 is 29.7 Å². The van der Waals surface area contributed by atoms with Crippen molar-refractivity contribution in [1.82, 2.24) is 30.9 Å². The van der Waals surface area contributed by atoms with Crippen molar-refractivity contribution >= 4 is 50.6 Å². The molecule has 4 atom stereocenters. The summed E-state index contributed by atoms with van der Waals surface area (Å²) in [5.74, 6) is -2.80. The summed E-state index contributed by atoms with van der Waals surface area (Å²) in [5.41, 5.74) is 8.50. The van der Waals surface area contributed by atoms with E-state index in [4.69, 9.17) is 5.73 Å². The van der Waals surface area contributed by atoms with Gasteiger partial charge in [0.2, 0.25) is 17.7 Å². The number of aromatic amines is 2. The molecule has 0 radical (unpaired) electrons. The Labute approximate surface area is 254 Å². The number of halogens is 1. The third kappa shape index (κ3) is 8.22. The number of carbonyl (C=O) groups excluding carboxylic acids is 3. The summed E-state index contributed by atoms with van der Waals surface area (Å²) in [6, 6.07) is 6.09. The zero-order valence-electron chi connectivity index (χ0n) is 23.0. The van der Waals surface area contributed by atoms with Crippen molar-refractivity contribution in [3.8, 4) is 11.5 Å². The van der Waals surface area contributed by atoms with E-state index in [0.29, 0.717) is 11.3 Å². The summed E-state index contributed by atoms with van der Waals surface area (Å²) in [4.78, 5) is 49.5. The molecule has 0 saturated heterocycles. The zero-order chi connectivity index (χ0) is 31.1. The number of phenolic OH excluding ortho intramolecular Hbond substituents is 2. The van der Waals surface area contributed by atoms with Crippen molar-refractivity contribution in [3.63, 3.8) is 0 Å². The van der Waals surface area contributed by atoms with Crippen LogP contribution in [0.15, 0.2) is 65.8 Å². The number of amides is 3. The Morgan fingerprint density at radius 1 is 1.00 bits per heavy atom. The van der Waals surface area contributed by atoms with Gasteiger partial charge in [0.05, 0.1) is 12.4 Å². The molecule has 2 heterocycles. The number of imidazole rings is 1. The molecule has 0 fully saturated rings. The highest BCUT2D eigenvalue weighted by Gasteiger charge is 2.30. The molecule has 0 bridgehead atoms. The number of nitrogens with zero attached hydrogens (tertiary/aromatic N) is 1. The van der Waals surface area contributed by atoms with Gasteiger partial charge in [-0.3, -0.25) is 14.4 Å². The highest BCUT2D eigenvalue weighted by atomic mass is 79.9. The Hall–Kier alpha value is -4.66. The molecule has 4 aromatic rings. The number of H-pyrrole nitrogens is 2. The van der Waals surface area contributed by atoms with Gasteiger partial charge in [0.15, 0.2) is 11.5 Å². The number of phenols is 2. The van der Waals surface area contributed by atoms with Crippen molar-refractivity contribution in [1.29, 1.82) is 0 Å². The van der Waals surface area contributed by atoms with Crippen LogP contribution < -0.4 is 21.7 Å². The fourth-order valence-electron chi connectivity index (χ4n) is 4.30. The molecular formula is C29H32BrN7O6. The first-order chi connectivity index (χ1) is 20.5. The molecule has 4 unspecified atom stereocenters. The lowest BCUT2D eigenvalue weighted by Gasteiger charge is -2.24. The summed E-state index contributed by atoms with van der Waals surface area (Å²) < 4.78 is 0.924. The number of nitrogens with one attached hydrogen (secondary N) is 5. The number of hydrogen-bond acceptors (Lipinski definition) is 8. The number of nitrogens with two attached hydrogens (primary N) is 1. The lowest BCUT2D eigenvalue weighted by molar-refractivity contribution is -0.132. The number of fused-ring (bicyclic) bond motifs is 1. The quantitative estimate of drug-likeness (QED) is 0.101. The number of rotatable bonds is 12. The minimum Gasteiger partial charge on any atom is -0.504 e. The summed E-state index contributed by atoms with van der Waals surface area (Å²) in [5, 5.41) is 38.2. The fraction of sp³-hybridized carbons (Fsp3) is 0.241. The van der Waals surface area contributed by atoms with Crippen LogP contribution >= 0.6 is 15.9 Å². The van der Waals surface area contributed by atoms with Crippen LogP contribution in [0.4, 0.5) is 0 Å². The van der Waals surface area contributed by atoms with E-state index in [-0.39, 0.29) is 18.6 Å². The van der Waals surface area contributed by atoms with E-state index in [0.717, 1.165) is 20.9 Å². The van der Waals surface area contributed by atoms with Gasteiger partial charge >= 0.3 is 0 Å². The Morgan fingerprint density at radius 3 is 2.44 bits per heavy atom. The second-order valence-corrected chi connectivity index (χ2v) is 10.9. The number of aromatic nitrogens is 3. The molecule has 3 amide bonds. The molecule has 2 aromatic carbocycles. The van der Waals surface area contributed by atoms with Crippen LogP contribution in [0.5, 0.6) is 11.5 Å². The Kier molecular flexibility index (Phi) is 10.2. The van der Waals surface area contributed by atoms with Crippen LogP contribution in [0.25, 0.3) is 17.0 Å². The van der Waals surface area contributed by atoms with Gasteiger partial charge in [-0.15, -0.1) is 0 Å². The van der Waals surface area contributed by atoms with E-state index >= 15 is 0 Å². The largest absolute Gasteiger partial charge is 0.504 e. The molecule has 43 heavy (non-hydrogen) atoms. The Morgan fingerprint density at radius 2 is 1.74 bits per heavy atom. The van der Waals surface area contributed by atoms with Gasteiger partial charge in [0, 0.05) is 58.1 Å². The zero-order valence-corrected chi connectivity index (χ0v) is 24.6. The number of hydrogen-bond donors (Lipinski definition) is 9. The van der Waals surface area contributed by atoms with Crippen LogP contribution in [0.2, 0.25) is 0 Å². The van der Waals surface area contributed by atoms with Gasteiger partial charge < -0.3 is 47.0 Å². The molecule has 4 rings (SSSR count). The highest BCUT2D eigenvalue weighted by Crippen LogP contribution is 2.26. The normalized spacial score (nSPS) is 14.2. The van der Waals surface area contributed by atoms with E-state index in [1.54, 1.807) is 12.3 Å². The van der Waals surface area contributed by atoms with E-state index in [9.17, 15) is 29.7 Å². The first kappa shape index (κ1) is 31.3. The maximum absolute atomic E-state index is 13.5. The van der Waals surface area contributed by atoms with E-state index in [1.165, 1.54) is 43.8 Å². The minimum atomic E-state index is -1.32. The molecule has 10 N–H and O–H groups in total. The SMILES string of the molecule is CC(O)C(N)C(=O)NC(Cc1ccc(O)c(O)c1)C(=O)NC(Cc1cnc[nH]1)C(=O)NC=Cc1c[nH]c2cc(Br)ccc12. The molecule has 2 aromatic heterocycles. The predicted octanol–water partition coefficient (Wildman–Crippen LogP) is 1.31. The van der Waals surface area contributed by atoms with Gasteiger partial charge in [-0.25, -0.2) is 4.98 Å². The van der Waals surface area contributed by atoms with Gasteiger partial charge in [0.1, 0.15) is 18.1 Å². The van der Waals surface area contributed by atoms with Crippen LogP contribution in [-0.4, -0.2) is 72.2 Å². The first-order valence-electron chi connectivity index (χ1n) is 13.3. The number of benzene rings is 2. The van der Waals surface area contributed by atoms with Crippen molar-refractivity contribution in [2.75, 3.05) is 0 Å². The summed E-state index contributed by atoms with van der Waals surface area (Å²) in [6.45, 7) is 1.34. The third-order valence-electron chi connectivity index (χ3n) is 6.71. The molecule has 0 aliphatic rings. The molecule has 14 heteroatoms. The van der Waals surface area contributed by atoms with Crippen molar-refractivity contribution in [2.45, 2.75) is 44.0 Å². The molecule has 0 saturated carbocycles. The highest BCUT2D eigenvalue weighted by molar-refractivity contribution is 9.10. The van der Waals surface area contributed by atoms with Crippen LogP contribution in [-0.2, 0) is 27.2 Å². The maximum Gasteiger partial charge on any atom is 0.246 e. The Balaban J connectivity index is 1.53. The maximum atomic E-state index is 13.5. The van der Waals surface area contributed by atoms with E-state index in [2.05, 4.69) is 46.8 Å². The summed E-state index contributed by atoms with van der Waals surface area (Å²) in [6.07, 6.45) is 6.71. The van der Waals surface area contributed by atoms with Gasteiger partial charge in [-0.2, -0.15) is 0 Å². The molecule has 0 aliphatic heterocycles. The smallest absolute Gasteiger partial charge is 0.246 e. The number of aliphatic hydroxyl groups is 1. The molecule has 0 aliphatic carbocycles. The third-order valence-corrected chi connectivity index (χ3v) is 7.20. The predicted molar refractivity (Wildman–Crippen MR) is 162 cm³/mol. The second-order valence-electron chi connectivity index (χ2n) is 9.97. The topological polar surface area (TPSA) is 218 Å². The average molecular weight is 655 g/mol. The Bertz CT molecular complexity index is 1620. The van der Waals surface area contributed by atoms with Gasteiger partial charge in [0.25, 0.3) is 0 Å². The number of aliphatic hydroxyl groups excluding tert-OH is 1. The number of carbonyl (C=O) groups is 3. The van der Waals surface area contributed by atoms with Crippen molar-refractivity contribution in [3.05, 3.63) is 82.6 Å².